The third kappa shape index (κ3) is 1.14. The minimum atomic E-state index is 0.373. The highest BCUT2D eigenvalue weighted by Gasteiger charge is 2.36. The molecule has 70 valence electrons. The number of nitrogen functional groups attached to an aromatic ring is 1. The van der Waals surface area contributed by atoms with Crippen molar-refractivity contribution in [3.05, 3.63) is 29.3 Å². The van der Waals surface area contributed by atoms with Gasteiger partial charge in [-0.25, -0.2) is 0 Å². The summed E-state index contributed by atoms with van der Waals surface area (Å²) in [5.41, 5.74) is 10.1. The number of fused-ring (bicyclic) bond motifs is 1. The number of rotatable bonds is 0. The highest BCUT2D eigenvalue weighted by Crippen LogP contribution is 2.48. The maximum absolute atomic E-state index is 5.98. The van der Waals surface area contributed by atoms with Gasteiger partial charge in [0, 0.05) is 5.69 Å². The molecule has 1 nitrogen and oxygen atoms in total. The number of anilines is 1. The van der Waals surface area contributed by atoms with Gasteiger partial charge in [0.15, 0.2) is 0 Å². The summed E-state index contributed by atoms with van der Waals surface area (Å²) in [6.45, 7) is 6.91. The second-order valence-electron chi connectivity index (χ2n) is 4.81. The van der Waals surface area contributed by atoms with Crippen molar-refractivity contribution in [2.24, 2.45) is 5.41 Å². The second kappa shape index (κ2) is 2.50. The largest absolute Gasteiger partial charge is 0.398 e. The van der Waals surface area contributed by atoms with E-state index in [1.54, 1.807) is 0 Å². The highest BCUT2D eigenvalue weighted by atomic mass is 14.6. The van der Waals surface area contributed by atoms with Crippen molar-refractivity contribution in [1.29, 1.82) is 0 Å². The van der Waals surface area contributed by atoms with Gasteiger partial charge in [-0.3, -0.25) is 0 Å². The van der Waals surface area contributed by atoms with E-state index in [0.29, 0.717) is 11.3 Å². The molecule has 1 aliphatic rings. The standard InChI is InChI=1S/C12H17N/c1-8-11-9(7-12(8,2)3)5-4-6-10(11)13/h4-6,8H,7,13H2,1-3H3. The number of hydrogen-bond acceptors (Lipinski definition) is 1. The molecule has 2 N–H and O–H groups in total. The van der Waals surface area contributed by atoms with Gasteiger partial charge in [-0.05, 0) is 34.9 Å². The van der Waals surface area contributed by atoms with Crippen LogP contribution in [0.25, 0.3) is 0 Å². The first-order valence-electron chi connectivity index (χ1n) is 4.89. The number of benzene rings is 1. The topological polar surface area (TPSA) is 26.0 Å². The van der Waals surface area contributed by atoms with Gasteiger partial charge in [-0.2, -0.15) is 0 Å². The average Bonchev–Trinajstić information content (AvgIpc) is 2.24. The lowest BCUT2D eigenvalue weighted by Crippen LogP contribution is -2.15. The van der Waals surface area contributed by atoms with E-state index in [1.165, 1.54) is 11.1 Å². The molecule has 1 atom stereocenters. The van der Waals surface area contributed by atoms with Crippen molar-refractivity contribution >= 4 is 5.69 Å². The van der Waals surface area contributed by atoms with Crippen LogP contribution in [0, 0.1) is 5.41 Å². The Kier molecular flexibility index (Phi) is 1.66. The molecule has 0 heterocycles. The molecule has 0 radical (unpaired) electrons. The van der Waals surface area contributed by atoms with Crippen LogP contribution < -0.4 is 5.73 Å². The first-order chi connectivity index (χ1) is 6.02. The van der Waals surface area contributed by atoms with Crippen LogP contribution in [-0.2, 0) is 6.42 Å². The van der Waals surface area contributed by atoms with E-state index >= 15 is 0 Å². The fourth-order valence-corrected chi connectivity index (χ4v) is 2.35. The zero-order chi connectivity index (χ0) is 9.64. The van der Waals surface area contributed by atoms with Crippen molar-refractivity contribution < 1.29 is 0 Å². The van der Waals surface area contributed by atoms with Crippen LogP contribution in [0.5, 0.6) is 0 Å². The van der Waals surface area contributed by atoms with Crippen molar-refractivity contribution in [3.63, 3.8) is 0 Å². The van der Waals surface area contributed by atoms with E-state index in [2.05, 4.69) is 32.9 Å². The van der Waals surface area contributed by atoms with Gasteiger partial charge in [-0.15, -0.1) is 0 Å². The van der Waals surface area contributed by atoms with E-state index in [4.69, 9.17) is 5.73 Å². The minimum absolute atomic E-state index is 0.373. The smallest absolute Gasteiger partial charge is 0.0352 e. The summed E-state index contributed by atoms with van der Waals surface area (Å²) >= 11 is 0. The maximum atomic E-state index is 5.98. The normalized spacial score (nSPS) is 24.4. The van der Waals surface area contributed by atoms with Crippen molar-refractivity contribution in [1.82, 2.24) is 0 Å². The summed E-state index contributed by atoms with van der Waals surface area (Å²) in [6.07, 6.45) is 1.16. The lowest BCUT2D eigenvalue weighted by Gasteiger charge is -2.24. The van der Waals surface area contributed by atoms with Gasteiger partial charge in [-0.1, -0.05) is 32.9 Å². The van der Waals surface area contributed by atoms with Crippen LogP contribution in [0.3, 0.4) is 0 Å². The molecular weight excluding hydrogens is 158 g/mol. The van der Waals surface area contributed by atoms with Crippen molar-refractivity contribution in [3.8, 4) is 0 Å². The average molecular weight is 175 g/mol. The van der Waals surface area contributed by atoms with Gasteiger partial charge in [0.25, 0.3) is 0 Å². The first-order valence-corrected chi connectivity index (χ1v) is 4.89. The van der Waals surface area contributed by atoms with Gasteiger partial charge in [0.1, 0.15) is 0 Å². The molecular formula is C12H17N. The third-order valence-electron chi connectivity index (χ3n) is 3.48. The Morgan fingerprint density at radius 1 is 1.38 bits per heavy atom. The summed E-state index contributed by atoms with van der Waals surface area (Å²) < 4.78 is 0. The van der Waals surface area contributed by atoms with E-state index in [0.717, 1.165) is 12.1 Å². The van der Waals surface area contributed by atoms with Crippen LogP contribution in [0.2, 0.25) is 0 Å². The summed E-state index contributed by atoms with van der Waals surface area (Å²) in [4.78, 5) is 0. The van der Waals surface area contributed by atoms with E-state index < -0.39 is 0 Å². The Bertz CT molecular complexity index is 339. The van der Waals surface area contributed by atoms with Gasteiger partial charge in [0.2, 0.25) is 0 Å². The Hall–Kier alpha value is -0.980. The van der Waals surface area contributed by atoms with Gasteiger partial charge < -0.3 is 5.73 Å². The monoisotopic (exact) mass is 175 g/mol. The molecule has 1 aromatic carbocycles. The van der Waals surface area contributed by atoms with Crippen LogP contribution >= 0.6 is 0 Å². The molecule has 0 bridgehead atoms. The van der Waals surface area contributed by atoms with E-state index in [-0.39, 0.29) is 0 Å². The highest BCUT2D eigenvalue weighted by molar-refractivity contribution is 5.56. The Morgan fingerprint density at radius 3 is 2.69 bits per heavy atom. The molecule has 13 heavy (non-hydrogen) atoms. The lowest BCUT2D eigenvalue weighted by atomic mass is 9.81. The molecule has 0 spiro atoms. The lowest BCUT2D eigenvalue weighted by molar-refractivity contribution is 0.330. The predicted octanol–water partition coefficient (Wildman–Crippen LogP) is 2.95. The molecule has 1 unspecified atom stereocenters. The fraction of sp³-hybridized carbons (Fsp3) is 0.500. The Labute approximate surface area is 80.0 Å². The minimum Gasteiger partial charge on any atom is -0.398 e. The predicted molar refractivity (Wildman–Crippen MR) is 56.8 cm³/mol. The third-order valence-corrected chi connectivity index (χ3v) is 3.48. The van der Waals surface area contributed by atoms with E-state index in [1.807, 2.05) is 6.07 Å². The van der Waals surface area contributed by atoms with Crippen LogP contribution in [-0.4, -0.2) is 0 Å². The molecule has 0 aliphatic heterocycles. The Morgan fingerprint density at radius 2 is 2.08 bits per heavy atom. The number of hydrogen-bond donors (Lipinski definition) is 1. The molecule has 1 heteroatoms. The molecule has 1 aromatic rings. The zero-order valence-electron chi connectivity index (χ0n) is 8.59. The first kappa shape index (κ1) is 8.61. The van der Waals surface area contributed by atoms with E-state index in [9.17, 15) is 0 Å². The van der Waals surface area contributed by atoms with Crippen LogP contribution in [0.1, 0.15) is 37.8 Å². The summed E-state index contributed by atoms with van der Waals surface area (Å²) in [5.74, 6) is 0.587. The zero-order valence-corrected chi connectivity index (χ0v) is 8.59. The molecule has 0 saturated heterocycles. The molecule has 0 aromatic heterocycles. The molecule has 2 rings (SSSR count). The van der Waals surface area contributed by atoms with Crippen molar-refractivity contribution in [2.75, 3.05) is 5.73 Å². The second-order valence-corrected chi connectivity index (χ2v) is 4.81. The Balaban J connectivity index is 2.57. The number of nitrogens with two attached hydrogens (primary N) is 1. The summed E-state index contributed by atoms with van der Waals surface area (Å²) in [6, 6.07) is 6.27. The van der Waals surface area contributed by atoms with Crippen LogP contribution in [0.15, 0.2) is 18.2 Å². The fourth-order valence-electron chi connectivity index (χ4n) is 2.35. The molecule has 1 aliphatic carbocycles. The SMILES string of the molecule is CC1c2c(N)cccc2CC1(C)C. The molecule has 0 fully saturated rings. The molecule has 0 amide bonds. The van der Waals surface area contributed by atoms with Gasteiger partial charge >= 0.3 is 0 Å². The molecule has 0 saturated carbocycles. The van der Waals surface area contributed by atoms with Gasteiger partial charge in [0.05, 0.1) is 0 Å². The van der Waals surface area contributed by atoms with Crippen molar-refractivity contribution in [2.45, 2.75) is 33.1 Å². The maximum Gasteiger partial charge on any atom is 0.0352 e. The van der Waals surface area contributed by atoms with Crippen LogP contribution in [0.4, 0.5) is 5.69 Å². The summed E-state index contributed by atoms with van der Waals surface area (Å²) in [7, 11) is 0. The quantitative estimate of drug-likeness (QED) is 0.603. The summed E-state index contributed by atoms with van der Waals surface area (Å²) in [5, 5.41) is 0.